The van der Waals surface area contributed by atoms with Crippen LogP contribution in [0.1, 0.15) is 37.2 Å². The molecule has 0 saturated carbocycles. The molecule has 1 atom stereocenters. The van der Waals surface area contributed by atoms with Crippen molar-refractivity contribution in [1.82, 2.24) is 14.8 Å². The average molecular weight is 366 g/mol. The maximum Gasteiger partial charge on any atom is 0.340 e. The van der Waals surface area contributed by atoms with Gasteiger partial charge in [0.1, 0.15) is 0 Å². The number of esters is 1. The van der Waals surface area contributed by atoms with E-state index in [4.69, 9.17) is 4.74 Å². The minimum absolute atomic E-state index is 0.166. The Morgan fingerprint density at radius 1 is 1.11 bits per heavy atom. The highest BCUT2D eigenvalue weighted by Crippen LogP contribution is 2.18. The van der Waals surface area contributed by atoms with Crippen molar-refractivity contribution in [2.75, 3.05) is 11.9 Å². The molecule has 0 aliphatic rings. The van der Waals surface area contributed by atoms with Crippen LogP contribution in [0.3, 0.4) is 0 Å². The number of aromatic nitrogens is 3. The zero-order chi connectivity index (χ0) is 19.6. The molecule has 0 fully saturated rings. The largest absolute Gasteiger partial charge is 0.449 e. The van der Waals surface area contributed by atoms with Gasteiger partial charge in [0, 0.05) is 30.4 Å². The van der Waals surface area contributed by atoms with Gasteiger partial charge in [-0.15, -0.1) is 0 Å². The number of rotatable bonds is 5. The minimum Gasteiger partial charge on any atom is -0.449 e. The summed E-state index contributed by atoms with van der Waals surface area (Å²) in [6.45, 7) is 5.57. The van der Waals surface area contributed by atoms with E-state index in [0.29, 0.717) is 5.65 Å². The van der Waals surface area contributed by atoms with Crippen molar-refractivity contribution in [3.63, 3.8) is 0 Å². The highest BCUT2D eigenvalue weighted by molar-refractivity contribution is 5.99. The topological polar surface area (TPSA) is 77.3 Å². The second-order valence-electron chi connectivity index (χ2n) is 6.60. The summed E-state index contributed by atoms with van der Waals surface area (Å²) in [7, 11) is 1.65. The van der Waals surface area contributed by atoms with E-state index in [0.717, 1.165) is 11.1 Å². The summed E-state index contributed by atoms with van der Waals surface area (Å²) in [4.78, 5) is 30.8. The van der Waals surface area contributed by atoms with Crippen molar-refractivity contribution < 1.29 is 14.3 Å². The molecule has 7 heteroatoms. The maximum atomic E-state index is 12.5. The molecule has 2 aromatic heterocycles. The molecule has 0 saturated heterocycles. The predicted octanol–water partition coefficient (Wildman–Crippen LogP) is 3.22. The molecule has 27 heavy (non-hydrogen) atoms. The van der Waals surface area contributed by atoms with Crippen molar-refractivity contribution in [1.29, 1.82) is 0 Å². The van der Waals surface area contributed by atoms with E-state index >= 15 is 0 Å². The van der Waals surface area contributed by atoms with Crippen molar-refractivity contribution in [2.24, 2.45) is 0 Å². The molecule has 2 heterocycles. The van der Waals surface area contributed by atoms with Gasteiger partial charge in [-0.2, -0.15) is 5.10 Å². The van der Waals surface area contributed by atoms with Crippen LogP contribution < -0.4 is 4.90 Å². The Kier molecular flexibility index (Phi) is 5.21. The number of hydrogen-bond acceptors (Lipinski definition) is 5. The molecule has 0 radical (unpaired) electrons. The van der Waals surface area contributed by atoms with Crippen LogP contribution in [0.4, 0.5) is 5.69 Å². The van der Waals surface area contributed by atoms with Crippen molar-refractivity contribution in [3.8, 4) is 0 Å². The van der Waals surface area contributed by atoms with Crippen LogP contribution in [0.15, 0.2) is 48.8 Å². The Morgan fingerprint density at radius 2 is 1.81 bits per heavy atom. The number of anilines is 1. The number of carbonyl (C=O) groups excluding carboxylic acids is 2. The van der Waals surface area contributed by atoms with E-state index in [-0.39, 0.29) is 17.5 Å². The van der Waals surface area contributed by atoms with Crippen molar-refractivity contribution in [2.45, 2.75) is 32.9 Å². The molecule has 0 aliphatic heterocycles. The van der Waals surface area contributed by atoms with Crippen LogP contribution in [0, 0.1) is 0 Å². The molecule has 1 aromatic carbocycles. The molecule has 1 amide bonds. The summed E-state index contributed by atoms with van der Waals surface area (Å²) < 4.78 is 7.13. The monoisotopic (exact) mass is 366 g/mol. The van der Waals surface area contributed by atoms with E-state index in [1.54, 1.807) is 30.9 Å². The molecular formula is C20H22N4O3. The number of likely N-dealkylation sites (N-methyl/N-ethyl adjacent to an activating group) is 1. The maximum absolute atomic E-state index is 12.5. The Bertz CT molecular complexity index is 966. The third-order valence-electron chi connectivity index (χ3n) is 4.26. The van der Waals surface area contributed by atoms with Gasteiger partial charge >= 0.3 is 5.97 Å². The molecule has 0 spiro atoms. The Hall–Kier alpha value is -3.22. The number of fused-ring (bicyclic) bond motifs is 1. The van der Waals surface area contributed by atoms with Gasteiger partial charge in [0.05, 0.1) is 11.8 Å². The Labute approximate surface area is 157 Å². The van der Waals surface area contributed by atoms with Gasteiger partial charge in [-0.05, 0) is 39.0 Å². The van der Waals surface area contributed by atoms with E-state index in [1.807, 2.05) is 44.2 Å². The lowest BCUT2D eigenvalue weighted by molar-refractivity contribution is -0.126. The fraction of sp³-hybridized carbons (Fsp3) is 0.300. The first-order valence-corrected chi connectivity index (χ1v) is 8.75. The zero-order valence-electron chi connectivity index (χ0n) is 15.8. The third kappa shape index (κ3) is 3.81. The lowest BCUT2D eigenvalue weighted by atomic mass is 10.2. The molecule has 0 unspecified atom stereocenters. The lowest BCUT2D eigenvalue weighted by Gasteiger charge is -2.21. The normalized spacial score (nSPS) is 12.2. The number of nitrogens with zero attached hydrogens (tertiary/aromatic N) is 4. The number of benzene rings is 1. The predicted molar refractivity (Wildman–Crippen MR) is 103 cm³/mol. The number of carbonyl (C=O) groups is 2. The van der Waals surface area contributed by atoms with Crippen LogP contribution in [0.25, 0.3) is 11.0 Å². The van der Waals surface area contributed by atoms with Gasteiger partial charge in [-0.25, -0.2) is 14.5 Å². The van der Waals surface area contributed by atoms with Crippen LogP contribution >= 0.6 is 0 Å². The van der Waals surface area contributed by atoms with Gasteiger partial charge in [0.25, 0.3) is 5.91 Å². The van der Waals surface area contributed by atoms with Gasteiger partial charge < -0.3 is 9.64 Å². The van der Waals surface area contributed by atoms with E-state index in [2.05, 4.69) is 10.1 Å². The van der Waals surface area contributed by atoms with Crippen LogP contribution in [-0.4, -0.2) is 39.8 Å². The van der Waals surface area contributed by atoms with Crippen molar-refractivity contribution >= 4 is 28.6 Å². The first-order valence-electron chi connectivity index (χ1n) is 8.75. The SMILES string of the molecule is CC(C)n1ncc2cc(C(=O)O[C@@H](C)C(=O)N(C)c3ccccc3)cnc21. The lowest BCUT2D eigenvalue weighted by Crippen LogP contribution is -2.37. The van der Waals surface area contributed by atoms with Crippen LogP contribution in [0.5, 0.6) is 0 Å². The Balaban J connectivity index is 1.72. The summed E-state index contributed by atoms with van der Waals surface area (Å²) in [5.41, 5.74) is 1.72. The summed E-state index contributed by atoms with van der Waals surface area (Å²) >= 11 is 0. The van der Waals surface area contributed by atoms with Gasteiger partial charge in [-0.1, -0.05) is 18.2 Å². The Morgan fingerprint density at radius 3 is 2.48 bits per heavy atom. The summed E-state index contributed by atoms with van der Waals surface area (Å²) in [5, 5.41) is 5.03. The molecule has 3 rings (SSSR count). The number of hydrogen-bond donors (Lipinski definition) is 0. The highest BCUT2D eigenvalue weighted by Gasteiger charge is 2.23. The number of pyridine rings is 1. The molecular weight excluding hydrogens is 344 g/mol. The van der Waals surface area contributed by atoms with Crippen LogP contribution in [0.2, 0.25) is 0 Å². The molecule has 140 valence electrons. The summed E-state index contributed by atoms with van der Waals surface area (Å²) in [6.07, 6.45) is 2.19. The van der Waals surface area contributed by atoms with Gasteiger partial charge in [-0.3, -0.25) is 4.79 Å². The molecule has 0 aliphatic carbocycles. The third-order valence-corrected chi connectivity index (χ3v) is 4.26. The quantitative estimate of drug-likeness (QED) is 0.648. The number of para-hydroxylation sites is 1. The molecule has 0 N–H and O–H groups in total. The molecule has 0 bridgehead atoms. The fourth-order valence-electron chi connectivity index (χ4n) is 2.76. The average Bonchev–Trinajstić information content (AvgIpc) is 3.10. The van der Waals surface area contributed by atoms with E-state index < -0.39 is 12.1 Å². The smallest absolute Gasteiger partial charge is 0.340 e. The second kappa shape index (κ2) is 7.57. The van der Waals surface area contributed by atoms with Crippen molar-refractivity contribution in [3.05, 3.63) is 54.4 Å². The summed E-state index contributed by atoms with van der Waals surface area (Å²) in [6, 6.07) is 11.0. The number of amides is 1. The van der Waals surface area contributed by atoms with E-state index in [1.165, 1.54) is 11.1 Å². The van der Waals surface area contributed by atoms with E-state index in [9.17, 15) is 9.59 Å². The standard InChI is InChI=1S/C20H22N4O3/c1-13(2)24-18-15(12-22-24)10-16(11-21-18)20(26)27-14(3)19(25)23(4)17-8-6-5-7-9-17/h5-14H,1-4H3/t14-/m0/s1. The molecule has 3 aromatic rings. The molecule has 7 nitrogen and oxygen atoms in total. The highest BCUT2D eigenvalue weighted by atomic mass is 16.5. The minimum atomic E-state index is -0.920. The first kappa shape index (κ1) is 18.6. The van der Waals surface area contributed by atoms with Gasteiger partial charge in [0.2, 0.25) is 0 Å². The fourth-order valence-corrected chi connectivity index (χ4v) is 2.76. The van der Waals surface area contributed by atoms with Gasteiger partial charge in [0.15, 0.2) is 11.8 Å². The first-order chi connectivity index (χ1) is 12.9. The number of ether oxygens (including phenoxy) is 1. The van der Waals surface area contributed by atoms with Crippen LogP contribution in [-0.2, 0) is 9.53 Å². The second-order valence-corrected chi connectivity index (χ2v) is 6.60. The zero-order valence-corrected chi connectivity index (χ0v) is 15.8. The summed E-state index contributed by atoms with van der Waals surface area (Å²) in [5.74, 6) is -0.903.